The molecule has 2 aromatic carbocycles. The Hall–Kier alpha value is -2.07. The summed E-state index contributed by atoms with van der Waals surface area (Å²) in [5, 5.41) is 9.94. The molecule has 0 radical (unpaired) electrons. The molecule has 1 N–H and O–H groups in total. The molecular weight excluding hydrogens is 265 g/mol. The molecule has 0 bridgehead atoms. The van der Waals surface area contributed by atoms with E-state index in [4.69, 9.17) is 0 Å². The third-order valence-electron chi connectivity index (χ3n) is 2.86. The smallest absolute Gasteiger partial charge is 0.384 e. The maximum absolute atomic E-state index is 13.1. The van der Waals surface area contributed by atoms with Gasteiger partial charge in [-0.2, -0.15) is 13.2 Å². The van der Waals surface area contributed by atoms with Crippen molar-refractivity contribution in [1.82, 2.24) is 0 Å². The predicted molar refractivity (Wildman–Crippen MR) is 71.9 cm³/mol. The zero-order chi connectivity index (χ0) is 14.6. The molecule has 0 heterocycles. The molecule has 0 aromatic heterocycles. The number of hydrogen-bond donors (Lipinski definition) is 1. The van der Waals surface area contributed by atoms with E-state index < -0.39 is 17.9 Å². The van der Waals surface area contributed by atoms with Crippen molar-refractivity contribution in [3.8, 4) is 0 Å². The van der Waals surface area contributed by atoms with Gasteiger partial charge >= 0.3 is 6.18 Å². The molecule has 2 aromatic rings. The first-order chi connectivity index (χ1) is 9.48. The zero-order valence-electron chi connectivity index (χ0n) is 10.5. The summed E-state index contributed by atoms with van der Waals surface area (Å²) in [4.78, 5) is 0. The lowest BCUT2D eigenvalue weighted by Gasteiger charge is -2.14. The first kappa shape index (κ1) is 14.3. The van der Waals surface area contributed by atoms with Crippen LogP contribution in [0.1, 0.15) is 17.2 Å². The van der Waals surface area contributed by atoms with Gasteiger partial charge in [0.1, 0.15) is 0 Å². The standard InChI is InChI=1S/C16H13F3O/c17-16(18,19)14(12-7-3-1-4-8-12)11-15(20)13-9-5-2-6-10-13/h1-11,15,20H/b14-11+. The summed E-state index contributed by atoms with van der Waals surface area (Å²) in [6.45, 7) is 0. The summed E-state index contributed by atoms with van der Waals surface area (Å²) in [7, 11) is 0. The molecule has 0 saturated heterocycles. The van der Waals surface area contributed by atoms with Crippen molar-refractivity contribution in [1.29, 1.82) is 0 Å². The van der Waals surface area contributed by atoms with Crippen molar-refractivity contribution >= 4 is 5.57 Å². The Kier molecular flexibility index (Phi) is 4.25. The second-order valence-electron chi connectivity index (χ2n) is 4.30. The van der Waals surface area contributed by atoms with Crippen LogP contribution in [0.5, 0.6) is 0 Å². The van der Waals surface area contributed by atoms with Crippen LogP contribution in [0.15, 0.2) is 66.7 Å². The lowest BCUT2D eigenvalue weighted by molar-refractivity contribution is -0.0695. The summed E-state index contributed by atoms with van der Waals surface area (Å²) < 4.78 is 39.3. The van der Waals surface area contributed by atoms with E-state index in [-0.39, 0.29) is 5.56 Å². The van der Waals surface area contributed by atoms with Gasteiger partial charge in [-0.25, -0.2) is 0 Å². The fourth-order valence-corrected chi connectivity index (χ4v) is 1.88. The molecule has 0 spiro atoms. The third kappa shape index (κ3) is 3.48. The molecule has 0 aliphatic rings. The Morgan fingerprint density at radius 2 is 1.40 bits per heavy atom. The van der Waals surface area contributed by atoms with Crippen molar-refractivity contribution in [2.24, 2.45) is 0 Å². The first-order valence-electron chi connectivity index (χ1n) is 6.06. The van der Waals surface area contributed by atoms with Crippen molar-refractivity contribution in [2.45, 2.75) is 12.3 Å². The molecule has 4 heteroatoms. The molecule has 20 heavy (non-hydrogen) atoms. The van der Waals surface area contributed by atoms with Gasteiger partial charge in [0.05, 0.1) is 11.7 Å². The quantitative estimate of drug-likeness (QED) is 0.884. The lowest BCUT2D eigenvalue weighted by Crippen LogP contribution is -2.12. The van der Waals surface area contributed by atoms with E-state index in [1.165, 1.54) is 24.3 Å². The Morgan fingerprint density at radius 3 is 1.90 bits per heavy atom. The molecule has 2 rings (SSSR count). The van der Waals surface area contributed by atoms with E-state index in [0.29, 0.717) is 5.56 Å². The molecule has 104 valence electrons. The Balaban J connectivity index is 2.40. The fourth-order valence-electron chi connectivity index (χ4n) is 1.88. The zero-order valence-corrected chi connectivity index (χ0v) is 10.5. The average Bonchev–Trinajstić information content (AvgIpc) is 2.45. The number of alkyl halides is 3. The molecule has 1 nitrogen and oxygen atoms in total. The van der Waals surface area contributed by atoms with Crippen molar-refractivity contribution < 1.29 is 18.3 Å². The van der Waals surface area contributed by atoms with Crippen molar-refractivity contribution in [3.05, 3.63) is 77.9 Å². The van der Waals surface area contributed by atoms with Crippen LogP contribution in [0.25, 0.3) is 5.57 Å². The summed E-state index contributed by atoms with van der Waals surface area (Å²) >= 11 is 0. The fraction of sp³-hybridized carbons (Fsp3) is 0.125. The van der Waals surface area contributed by atoms with Gasteiger partial charge in [-0.3, -0.25) is 0 Å². The number of aliphatic hydroxyl groups excluding tert-OH is 1. The minimum absolute atomic E-state index is 0.0370. The molecular formula is C16H13F3O. The highest BCUT2D eigenvalue weighted by molar-refractivity contribution is 5.70. The van der Waals surface area contributed by atoms with Crippen LogP contribution in [0.4, 0.5) is 13.2 Å². The van der Waals surface area contributed by atoms with Gasteiger partial charge in [0.15, 0.2) is 0 Å². The average molecular weight is 278 g/mol. The van der Waals surface area contributed by atoms with Crippen molar-refractivity contribution in [2.75, 3.05) is 0 Å². The second kappa shape index (κ2) is 5.92. The van der Waals surface area contributed by atoms with E-state index in [1.807, 2.05) is 0 Å². The Bertz CT molecular complexity index is 574. The molecule has 0 aliphatic heterocycles. The number of rotatable bonds is 3. The van der Waals surface area contributed by atoms with E-state index in [9.17, 15) is 18.3 Å². The van der Waals surface area contributed by atoms with Crippen LogP contribution in [-0.2, 0) is 0 Å². The van der Waals surface area contributed by atoms with Crippen LogP contribution >= 0.6 is 0 Å². The van der Waals surface area contributed by atoms with E-state index in [0.717, 1.165) is 6.08 Å². The summed E-state index contributed by atoms with van der Waals surface area (Å²) in [6.07, 6.45) is -4.98. The van der Waals surface area contributed by atoms with Crippen LogP contribution in [0.3, 0.4) is 0 Å². The van der Waals surface area contributed by atoms with Gasteiger partial charge in [-0.1, -0.05) is 60.7 Å². The molecule has 0 fully saturated rings. The Morgan fingerprint density at radius 1 is 0.900 bits per heavy atom. The summed E-state index contributed by atoms with van der Waals surface area (Å²) in [5.74, 6) is 0. The van der Waals surface area contributed by atoms with Gasteiger partial charge in [0, 0.05) is 0 Å². The normalized spacial score (nSPS) is 14.1. The summed E-state index contributed by atoms with van der Waals surface area (Å²) in [6, 6.07) is 15.7. The van der Waals surface area contributed by atoms with Crippen molar-refractivity contribution in [3.63, 3.8) is 0 Å². The molecule has 0 aliphatic carbocycles. The summed E-state index contributed by atoms with van der Waals surface area (Å²) in [5.41, 5.74) is -0.380. The van der Waals surface area contributed by atoms with Crippen LogP contribution < -0.4 is 0 Å². The van der Waals surface area contributed by atoms with Gasteiger partial charge in [-0.15, -0.1) is 0 Å². The first-order valence-corrected chi connectivity index (χ1v) is 6.06. The number of hydrogen-bond acceptors (Lipinski definition) is 1. The highest BCUT2D eigenvalue weighted by atomic mass is 19.4. The van der Waals surface area contributed by atoms with E-state index in [1.54, 1.807) is 36.4 Å². The van der Waals surface area contributed by atoms with E-state index in [2.05, 4.69) is 0 Å². The maximum atomic E-state index is 13.1. The molecule has 0 saturated carbocycles. The third-order valence-corrected chi connectivity index (χ3v) is 2.86. The minimum atomic E-state index is -4.52. The monoisotopic (exact) mass is 278 g/mol. The van der Waals surface area contributed by atoms with Crippen LogP contribution in [0.2, 0.25) is 0 Å². The highest BCUT2D eigenvalue weighted by Gasteiger charge is 2.35. The van der Waals surface area contributed by atoms with Gasteiger partial charge < -0.3 is 5.11 Å². The van der Waals surface area contributed by atoms with Crippen LogP contribution in [0, 0.1) is 0 Å². The largest absolute Gasteiger partial charge is 0.416 e. The lowest BCUT2D eigenvalue weighted by atomic mass is 10.0. The molecule has 1 unspecified atom stereocenters. The topological polar surface area (TPSA) is 20.2 Å². The number of allylic oxidation sites excluding steroid dienone is 1. The minimum Gasteiger partial charge on any atom is -0.384 e. The van der Waals surface area contributed by atoms with Gasteiger partial charge in [-0.05, 0) is 17.2 Å². The predicted octanol–water partition coefficient (Wildman–Crippen LogP) is 4.37. The Labute approximate surface area is 115 Å². The number of halogens is 3. The number of benzene rings is 2. The van der Waals surface area contributed by atoms with E-state index >= 15 is 0 Å². The van der Waals surface area contributed by atoms with Gasteiger partial charge in [0.2, 0.25) is 0 Å². The van der Waals surface area contributed by atoms with Crippen LogP contribution in [-0.4, -0.2) is 11.3 Å². The maximum Gasteiger partial charge on any atom is 0.416 e. The highest BCUT2D eigenvalue weighted by Crippen LogP contribution is 2.35. The molecule has 1 atom stereocenters. The second-order valence-corrected chi connectivity index (χ2v) is 4.30. The SMILES string of the molecule is OC(/C=C(\c1ccccc1)C(F)(F)F)c1ccccc1. The molecule has 0 amide bonds. The van der Waals surface area contributed by atoms with Gasteiger partial charge in [0.25, 0.3) is 0 Å². The number of aliphatic hydroxyl groups is 1.